The molecule has 1 fully saturated rings. The summed E-state index contributed by atoms with van der Waals surface area (Å²) in [5.41, 5.74) is 6.15. The molecule has 1 heterocycles. The first-order valence-corrected chi connectivity index (χ1v) is 7.56. The summed E-state index contributed by atoms with van der Waals surface area (Å²) in [6, 6.07) is 5.78. The molecule has 0 unspecified atom stereocenters. The first-order valence-electron chi connectivity index (χ1n) is 5.95. The van der Waals surface area contributed by atoms with Crippen LogP contribution in [0.1, 0.15) is 22.5 Å². The van der Waals surface area contributed by atoms with E-state index in [-0.39, 0.29) is 12.5 Å². The molecule has 1 aliphatic rings. The van der Waals surface area contributed by atoms with Gasteiger partial charge >= 0.3 is 0 Å². The molecular weight excluding hydrogens is 328 g/mol. The van der Waals surface area contributed by atoms with Gasteiger partial charge in [0.25, 0.3) is 5.91 Å². The summed E-state index contributed by atoms with van der Waals surface area (Å²) < 4.78 is 1.92. The number of rotatable bonds is 3. The van der Waals surface area contributed by atoms with E-state index in [9.17, 15) is 9.90 Å². The second-order valence-corrected chi connectivity index (χ2v) is 6.85. The van der Waals surface area contributed by atoms with Crippen LogP contribution in [0.2, 0.25) is 0 Å². The van der Waals surface area contributed by atoms with E-state index in [0.29, 0.717) is 10.6 Å². The average Bonchev–Trinajstić information content (AvgIpc) is 3.09. The number of thiophene rings is 1. The van der Waals surface area contributed by atoms with Crippen LogP contribution in [0.25, 0.3) is 10.1 Å². The summed E-state index contributed by atoms with van der Waals surface area (Å²) in [6.07, 6.45) is 1.65. The lowest BCUT2D eigenvalue weighted by Crippen LogP contribution is -2.39. The molecule has 3 rings (SSSR count). The molecule has 2 aromatic rings. The summed E-state index contributed by atoms with van der Waals surface area (Å²) in [5, 5.41) is 13.0. The zero-order chi connectivity index (χ0) is 13.6. The highest BCUT2D eigenvalue weighted by Gasteiger charge is 2.44. The molecular formula is C13H13BrN2O2S. The number of hydrogen-bond donors (Lipinski definition) is 3. The van der Waals surface area contributed by atoms with E-state index >= 15 is 0 Å². The van der Waals surface area contributed by atoms with Crippen molar-refractivity contribution in [2.45, 2.75) is 18.4 Å². The lowest BCUT2D eigenvalue weighted by molar-refractivity contribution is 0.0912. The lowest BCUT2D eigenvalue weighted by atomic mass is 10.2. The third kappa shape index (κ3) is 2.24. The maximum atomic E-state index is 12.2. The third-order valence-corrected chi connectivity index (χ3v) is 5.11. The van der Waals surface area contributed by atoms with Gasteiger partial charge in [0.2, 0.25) is 0 Å². The molecule has 4 N–H and O–H groups in total. The number of carbonyl (C=O) groups is 1. The van der Waals surface area contributed by atoms with E-state index in [2.05, 4.69) is 21.2 Å². The summed E-state index contributed by atoms with van der Waals surface area (Å²) in [4.78, 5) is 12.8. The van der Waals surface area contributed by atoms with Crippen molar-refractivity contribution in [3.8, 4) is 0 Å². The highest BCUT2D eigenvalue weighted by molar-refractivity contribution is 9.10. The Kier molecular flexibility index (Phi) is 3.03. The third-order valence-electron chi connectivity index (χ3n) is 3.43. The molecule has 19 heavy (non-hydrogen) atoms. The molecule has 1 saturated carbocycles. The van der Waals surface area contributed by atoms with Crippen molar-refractivity contribution >= 4 is 48.9 Å². The second-order valence-electron chi connectivity index (χ2n) is 4.88. The quantitative estimate of drug-likeness (QED) is 0.803. The molecule has 4 nitrogen and oxygen atoms in total. The standard InChI is InChI=1S/C13H13BrN2O2S/c14-7-1-2-9-8(5-7)10(15)11(19-9)12(18)16-13(6-17)3-4-13/h1-2,5,17H,3-4,6,15H2,(H,16,18). The Morgan fingerprint density at radius 3 is 2.89 bits per heavy atom. The molecule has 0 aliphatic heterocycles. The van der Waals surface area contributed by atoms with Crippen molar-refractivity contribution in [3.63, 3.8) is 0 Å². The van der Waals surface area contributed by atoms with Gasteiger partial charge < -0.3 is 16.2 Å². The number of nitrogens with two attached hydrogens (primary N) is 1. The highest BCUT2D eigenvalue weighted by Crippen LogP contribution is 2.38. The Morgan fingerprint density at radius 2 is 2.26 bits per heavy atom. The van der Waals surface area contributed by atoms with E-state index in [0.717, 1.165) is 27.4 Å². The normalized spacial score (nSPS) is 16.5. The van der Waals surface area contributed by atoms with Crippen LogP contribution in [0, 0.1) is 0 Å². The second kappa shape index (κ2) is 4.47. The Morgan fingerprint density at radius 1 is 1.53 bits per heavy atom. The van der Waals surface area contributed by atoms with Crippen molar-refractivity contribution in [3.05, 3.63) is 27.5 Å². The molecule has 0 bridgehead atoms. The Hall–Kier alpha value is -1.11. The van der Waals surface area contributed by atoms with Gasteiger partial charge in [-0.25, -0.2) is 0 Å². The van der Waals surface area contributed by atoms with Gasteiger partial charge in [0.1, 0.15) is 4.88 Å². The van der Waals surface area contributed by atoms with Crippen LogP contribution in [0.3, 0.4) is 0 Å². The number of amides is 1. The number of anilines is 1. The van der Waals surface area contributed by atoms with Gasteiger partial charge in [-0.3, -0.25) is 4.79 Å². The zero-order valence-electron chi connectivity index (χ0n) is 10.1. The number of aliphatic hydroxyl groups is 1. The predicted octanol–water partition coefficient (Wildman–Crippen LogP) is 2.50. The van der Waals surface area contributed by atoms with Gasteiger partial charge in [-0.05, 0) is 31.0 Å². The van der Waals surface area contributed by atoms with Crippen LogP contribution in [-0.4, -0.2) is 23.2 Å². The van der Waals surface area contributed by atoms with Crippen molar-refractivity contribution in [2.24, 2.45) is 0 Å². The van der Waals surface area contributed by atoms with E-state index in [1.54, 1.807) is 0 Å². The molecule has 1 aliphatic carbocycles. The zero-order valence-corrected chi connectivity index (χ0v) is 12.5. The van der Waals surface area contributed by atoms with Crippen LogP contribution in [0.4, 0.5) is 5.69 Å². The van der Waals surface area contributed by atoms with Gasteiger partial charge in [0.15, 0.2) is 0 Å². The van der Waals surface area contributed by atoms with Crippen molar-refractivity contribution in [2.75, 3.05) is 12.3 Å². The summed E-state index contributed by atoms with van der Waals surface area (Å²) in [6.45, 7) is -0.0188. The molecule has 0 radical (unpaired) electrons. The number of aliphatic hydroxyl groups excluding tert-OH is 1. The number of nitrogens with one attached hydrogen (secondary N) is 1. The maximum Gasteiger partial charge on any atom is 0.264 e. The fraction of sp³-hybridized carbons (Fsp3) is 0.308. The average molecular weight is 341 g/mol. The number of carbonyl (C=O) groups excluding carboxylic acids is 1. The van der Waals surface area contributed by atoms with Crippen molar-refractivity contribution in [1.82, 2.24) is 5.32 Å². The van der Waals surface area contributed by atoms with E-state index < -0.39 is 5.54 Å². The minimum atomic E-state index is -0.416. The van der Waals surface area contributed by atoms with E-state index in [4.69, 9.17) is 5.73 Å². The van der Waals surface area contributed by atoms with Crippen LogP contribution >= 0.6 is 27.3 Å². The monoisotopic (exact) mass is 340 g/mol. The first kappa shape index (κ1) is 12.9. The molecule has 6 heteroatoms. The number of halogens is 1. The van der Waals surface area contributed by atoms with Gasteiger partial charge in [0.05, 0.1) is 17.8 Å². The van der Waals surface area contributed by atoms with Gasteiger partial charge in [0, 0.05) is 14.6 Å². The van der Waals surface area contributed by atoms with Gasteiger partial charge in [-0.2, -0.15) is 0 Å². The molecule has 1 amide bonds. The molecule has 0 saturated heterocycles. The number of hydrogen-bond acceptors (Lipinski definition) is 4. The number of fused-ring (bicyclic) bond motifs is 1. The SMILES string of the molecule is Nc1c(C(=O)NC2(CO)CC2)sc2ccc(Br)cc12. The number of nitrogen functional groups attached to an aromatic ring is 1. The molecule has 1 aromatic heterocycles. The van der Waals surface area contributed by atoms with Crippen LogP contribution in [0.5, 0.6) is 0 Å². The van der Waals surface area contributed by atoms with Crippen molar-refractivity contribution < 1.29 is 9.90 Å². The van der Waals surface area contributed by atoms with Crippen LogP contribution < -0.4 is 11.1 Å². The van der Waals surface area contributed by atoms with E-state index in [1.807, 2.05) is 18.2 Å². The fourth-order valence-electron chi connectivity index (χ4n) is 2.03. The van der Waals surface area contributed by atoms with Crippen molar-refractivity contribution in [1.29, 1.82) is 0 Å². The Balaban J connectivity index is 1.96. The Labute approximate surface area is 122 Å². The molecule has 0 atom stereocenters. The minimum Gasteiger partial charge on any atom is -0.397 e. The van der Waals surface area contributed by atoms with Crippen LogP contribution in [0.15, 0.2) is 22.7 Å². The summed E-state index contributed by atoms with van der Waals surface area (Å²) >= 11 is 4.78. The Bertz CT molecular complexity index is 664. The maximum absolute atomic E-state index is 12.2. The first-order chi connectivity index (χ1) is 9.04. The number of benzene rings is 1. The fourth-order valence-corrected chi connectivity index (χ4v) is 3.39. The molecule has 100 valence electrons. The van der Waals surface area contributed by atoms with Gasteiger partial charge in [-0.15, -0.1) is 11.3 Å². The van der Waals surface area contributed by atoms with E-state index in [1.165, 1.54) is 11.3 Å². The predicted molar refractivity (Wildman–Crippen MR) is 80.5 cm³/mol. The van der Waals surface area contributed by atoms with Gasteiger partial charge in [-0.1, -0.05) is 15.9 Å². The van der Waals surface area contributed by atoms with Crippen LogP contribution in [-0.2, 0) is 0 Å². The summed E-state index contributed by atoms with van der Waals surface area (Å²) in [5.74, 6) is -0.193. The lowest BCUT2D eigenvalue weighted by Gasteiger charge is -2.13. The molecule has 0 spiro atoms. The topological polar surface area (TPSA) is 75.4 Å². The minimum absolute atomic E-state index is 0.0188. The molecule has 1 aromatic carbocycles. The highest BCUT2D eigenvalue weighted by atomic mass is 79.9. The smallest absolute Gasteiger partial charge is 0.264 e. The summed E-state index contributed by atoms with van der Waals surface area (Å²) in [7, 11) is 0. The largest absolute Gasteiger partial charge is 0.397 e.